The molecule has 25 heavy (non-hydrogen) atoms. The van der Waals surface area contributed by atoms with Gasteiger partial charge in [0.2, 0.25) is 10.0 Å². The van der Waals surface area contributed by atoms with Crippen LogP contribution in [0.2, 0.25) is 5.02 Å². The highest BCUT2D eigenvalue weighted by Crippen LogP contribution is 2.32. The van der Waals surface area contributed by atoms with Crippen LogP contribution in [0.4, 0.5) is 5.69 Å². The Morgan fingerprint density at radius 3 is 2.40 bits per heavy atom. The first kappa shape index (κ1) is 17.7. The number of hydrogen-bond donors (Lipinski definition) is 3. The van der Waals surface area contributed by atoms with Crippen molar-refractivity contribution in [2.75, 3.05) is 5.32 Å². The Bertz CT molecular complexity index is 928. The number of hydrazone groups is 1. The molecular formula is C15H13ClN4O3S2. The average molecular weight is 397 g/mol. The summed E-state index contributed by atoms with van der Waals surface area (Å²) in [7, 11) is -3.76. The monoisotopic (exact) mass is 396 g/mol. The number of carbonyl (C=O) groups excluding carboxylic acids is 1. The first-order valence-electron chi connectivity index (χ1n) is 7.02. The minimum atomic E-state index is -3.76. The van der Waals surface area contributed by atoms with Gasteiger partial charge in [0, 0.05) is 10.7 Å². The lowest BCUT2D eigenvalue weighted by atomic mass is 10.2. The number of nitrogens with zero attached hydrogens (tertiary/aromatic N) is 1. The number of anilines is 1. The van der Waals surface area contributed by atoms with E-state index in [0.717, 1.165) is 5.56 Å². The number of amides is 1. The van der Waals surface area contributed by atoms with Crippen LogP contribution in [0.25, 0.3) is 0 Å². The topological polar surface area (TPSA) is 114 Å². The number of carbonyl (C=O) groups is 1. The molecule has 130 valence electrons. The highest BCUT2D eigenvalue weighted by Gasteiger charge is 2.26. The molecule has 2 aromatic carbocycles. The van der Waals surface area contributed by atoms with Crippen LogP contribution < -0.4 is 15.9 Å². The summed E-state index contributed by atoms with van der Waals surface area (Å²) in [5, 5.41) is 12.5. The molecule has 3 rings (SSSR count). The maximum Gasteiger partial charge on any atom is 0.282 e. The summed E-state index contributed by atoms with van der Waals surface area (Å²) in [4.78, 5) is 12.2. The molecule has 0 spiro atoms. The van der Waals surface area contributed by atoms with Gasteiger partial charge < -0.3 is 5.32 Å². The van der Waals surface area contributed by atoms with Gasteiger partial charge in [-0.1, -0.05) is 35.5 Å². The second kappa shape index (κ2) is 7.04. The molecule has 10 heteroatoms. The number of halogens is 1. The molecule has 1 amide bonds. The zero-order valence-electron chi connectivity index (χ0n) is 12.6. The van der Waals surface area contributed by atoms with Gasteiger partial charge in [-0.2, -0.15) is 5.10 Å². The van der Waals surface area contributed by atoms with Gasteiger partial charge in [0.15, 0.2) is 5.04 Å². The Morgan fingerprint density at radius 1 is 1.16 bits per heavy atom. The zero-order valence-corrected chi connectivity index (χ0v) is 15.0. The Balaban J connectivity index is 1.63. The fraction of sp³-hybridized carbons (Fsp3) is 0.0667. The van der Waals surface area contributed by atoms with Crippen molar-refractivity contribution in [1.29, 1.82) is 0 Å². The lowest BCUT2D eigenvalue weighted by molar-refractivity contribution is -0.110. The number of rotatable bonds is 4. The van der Waals surface area contributed by atoms with Crippen LogP contribution in [-0.4, -0.2) is 19.4 Å². The van der Waals surface area contributed by atoms with Crippen molar-refractivity contribution in [1.82, 2.24) is 5.43 Å². The molecule has 0 radical (unpaired) electrons. The van der Waals surface area contributed by atoms with E-state index in [1.165, 1.54) is 36.0 Å². The van der Waals surface area contributed by atoms with Crippen LogP contribution in [-0.2, 0) is 14.8 Å². The largest absolute Gasteiger partial charge is 0.320 e. The fourth-order valence-corrected chi connectivity index (χ4v) is 3.61. The molecule has 1 unspecified atom stereocenters. The number of sulfonamides is 1. The molecule has 1 atom stereocenters. The number of hydrogen-bond acceptors (Lipinski definition) is 6. The molecule has 1 aliphatic rings. The quantitative estimate of drug-likeness (QED) is 0.733. The standard InChI is InChI=1S/C15H13ClN4O3S2/c16-10-3-1-9(2-4-10)14-19-20-15(24-14)13(21)18-11-5-7-12(8-6-11)25(17,22)23/h1-8,14,19H,(H,18,21)(H2,17,22,23). The van der Waals surface area contributed by atoms with Crippen molar-refractivity contribution >= 4 is 50.0 Å². The molecule has 7 nitrogen and oxygen atoms in total. The summed E-state index contributed by atoms with van der Waals surface area (Å²) in [6, 6.07) is 12.8. The van der Waals surface area contributed by atoms with Crippen LogP contribution in [0, 0.1) is 0 Å². The third-order valence-corrected chi connectivity index (χ3v) is 5.61. The summed E-state index contributed by atoms with van der Waals surface area (Å²) in [5.41, 5.74) is 4.27. The number of thioether (sulfide) groups is 1. The predicted octanol–water partition coefficient (Wildman–Crippen LogP) is 2.27. The van der Waals surface area contributed by atoms with Crippen molar-refractivity contribution in [2.45, 2.75) is 10.3 Å². The third kappa shape index (κ3) is 4.31. The predicted molar refractivity (Wildman–Crippen MR) is 98.8 cm³/mol. The Kier molecular flexibility index (Phi) is 5.00. The number of primary sulfonamides is 1. The second-order valence-corrected chi connectivity index (χ2v) is 8.21. The molecule has 0 aliphatic carbocycles. The number of nitrogens with two attached hydrogens (primary N) is 1. The lowest BCUT2D eigenvalue weighted by Gasteiger charge is -2.09. The van der Waals surface area contributed by atoms with E-state index in [1.807, 2.05) is 12.1 Å². The van der Waals surface area contributed by atoms with Gasteiger partial charge in [-0.15, -0.1) is 0 Å². The van der Waals surface area contributed by atoms with Gasteiger partial charge >= 0.3 is 0 Å². The van der Waals surface area contributed by atoms with E-state index in [2.05, 4.69) is 15.8 Å². The highest BCUT2D eigenvalue weighted by atomic mass is 35.5. The molecular weight excluding hydrogens is 384 g/mol. The van der Waals surface area contributed by atoms with Crippen molar-refractivity contribution in [3.05, 3.63) is 59.1 Å². The molecule has 0 fully saturated rings. The van der Waals surface area contributed by atoms with Crippen molar-refractivity contribution in [2.24, 2.45) is 10.2 Å². The number of benzene rings is 2. The van der Waals surface area contributed by atoms with Gasteiger partial charge in [0.1, 0.15) is 5.37 Å². The summed E-state index contributed by atoms with van der Waals surface area (Å²) < 4.78 is 22.4. The normalized spacial score (nSPS) is 16.9. The molecule has 2 aromatic rings. The van der Waals surface area contributed by atoms with E-state index >= 15 is 0 Å². The van der Waals surface area contributed by atoms with Crippen LogP contribution >= 0.6 is 23.4 Å². The highest BCUT2D eigenvalue weighted by molar-refractivity contribution is 8.16. The molecule has 0 saturated heterocycles. The van der Waals surface area contributed by atoms with Crippen molar-refractivity contribution in [3.63, 3.8) is 0 Å². The molecule has 0 aromatic heterocycles. The molecule has 1 aliphatic heterocycles. The Morgan fingerprint density at radius 2 is 1.80 bits per heavy atom. The van der Waals surface area contributed by atoms with E-state index in [4.69, 9.17) is 16.7 Å². The Hall–Kier alpha value is -2.07. The maximum atomic E-state index is 12.3. The van der Waals surface area contributed by atoms with Gasteiger partial charge in [-0.25, -0.2) is 13.6 Å². The molecule has 0 bridgehead atoms. The van der Waals surface area contributed by atoms with Gasteiger partial charge in [0.05, 0.1) is 4.90 Å². The zero-order chi connectivity index (χ0) is 18.0. The van der Waals surface area contributed by atoms with Gasteiger partial charge in [-0.05, 0) is 42.0 Å². The van der Waals surface area contributed by atoms with Crippen LogP contribution in [0.3, 0.4) is 0 Å². The van der Waals surface area contributed by atoms with Crippen LogP contribution in [0.5, 0.6) is 0 Å². The summed E-state index contributed by atoms with van der Waals surface area (Å²) in [6.07, 6.45) is 0. The van der Waals surface area contributed by atoms with Crippen molar-refractivity contribution in [3.8, 4) is 0 Å². The third-order valence-electron chi connectivity index (χ3n) is 3.32. The average Bonchev–Trinajstić information content (AvgIpc) is 3.05. The van der Waals surface area contributed by atoms with E-state index in [0.29, 0.717) is 10.7 Å². The molecule has 0 saturated carbocycles. The SMILES string of the molecule is NS(=O)(=O)c1ccc(NC(=O)C2=NNC(c3ccc(Cl)cc3)S2)cc1. The minimum absolute atomic E-state index is 0.0254. The van der Waals surface area contributed by atoms with Gasteiger partial charge in [-0.3, -0.25) is 10.2 Å². The Labute approximate surface area is 153 Å². The minimum Gasteiger partial charge on any atom is -0.320 e. The van der Waals surface area contributed by atoms with Gasteiger partial charge in [0.25, 0.3) is 5.91 Å². The molecule has 1 heterocycles. The first-order valence-corrected chi connectivity index (χ1v) is 9.83. The van der Waals surface area contributed by atoms with E-state index < -0.39 is 15.9 Å². The molecule has 4 N–H and O–H groups in total. The van der Waals surface area contributed by atoms with E-state index in [-0.39, 0.29) is 15.3 Å². The second-order valence-electron chi connectivity index (χ2n) is 5.12. The first-order chi connectivity index (χ1) is 11.8. The summed E-state index contributed by atoms with van der Waals surface area (Å²) >= 11 is 7.13. The van der Waals surface area contributed by atoms with Crippen molar-refractivity contribution < 1.29 is 13.2 Å². The summed E-state index contributed by atoms with van der Waals surface area (Å²) in [5.74, 6) is -0.391. The smallest absolute Gasteiger partial charge is 0.282 e. The van der Waals surface area contributed by atoms with E-state index in [9.17, 15) is 13.2 Å². The van der Waals surface area contributed by atoms with Crippen LogP contribution in [0.15, 0.2) is 58.5 Å². The summed E-state index contributed by atoms with van der Waals surface area (Å²) in [6.45, 7) is 0. The van der Waals surface area contributed by atoms with Crippen LogP contribution in [0.1, 0.15) is 10.9 Å². The fourth-order valence-electron chi connectivity index (χ4n) is 2.08. The lowest BCUT2D eigenvalue weighted by Crippen LogP contribution is -2.19. The maximum absolute atomic E-state index is 12.3. The number of nitrogens with one attached hydrogen (secondary N) is 2. The van der Waals surface area contributed by atoms with E-state index in [1.54, 1.807) is 12.1 Å².